The van der Waals surface area contributed by atoms with E-state index in [4.69, 9.17) is 4.74 Å². The molecule has 0 radical (unpaired) electrons. The van der Waals surface area contributed by atoms with E-state index < -0.39 is 11.9 Å². The smallest absolute Gasteiger partial charge is 0.434 e. The molecule has 3 aromatic heterocycles. The van der Waals surface area contributed by atoms with Crippen LogP contribution in [0, 0.1) is 5.92 Å². The first kappa shape index (κ1) is 21.8. The average Bonchev–Trinajstić information content (AvgIpc) is 3.37. The van der Waals surface area contributed by atoms with Crippen LogP contribution in [0.25, 0.3) is 10.2 Å². The molecule has 11 heteroatoms. The van der Waals surface area contributed by atoms with Crippen LogP contribution in [0.15, 0.2) is 12.3 Å². The normalized spacial score (nSPS) is 15.4. The Morgan fingerprint density at radius 2 is 2.03 bits per heavy atom. The highest BCUT2D eigenvalue weighted by Gasteiger charge is 2.36. The van der Waals surface area contributed by atoms with Crippen molar-refractivity contribution in [2.45, 2.75) is 46.0 Å². The highest BCUT2D eigenvalue weighted by Crippen LogP contribution is 2.35. The number of hydrogen-bond donors (Lipinski definition) is 1. The van der Waals surface area contributed by atoms with Gasteiger partial charge in [-0.1, -0.05) is 13.8 Å². The van der Waals surface area contributed by atoms with E-state index in [0.717, 1.165) is 34.1 Å². The van der Waals surface area contributed by atoms with E-state index in [0.29, 0.717) is 31.3 Å². The van der Waals surface area contributed by atoms with Crippen LogP contribution in [-0.2, 0) is 25.7 Å². The van der Waals surface area contributed by atoms with Gasteiger partial charge in [0.05, 0.1) is 18.5 Å². The Hall–Kier alpha value is -2.40. The molecule has 0 saturated heterocycles. The lowest BCUT2D eigenvalue weighted by Crippen LogP contribution is -2.34. The van der Waals surface area contributed by atoms with Crippen LogP contribution >= 0.6 is 11.3 Å². The number of hydrogen-bond acceptors (Lipinski definition) is 7. The fourth-order valence-electron chi connectivity index (χ4n) is 3.48. The maximum absolute atomic E-state index is 13.1. The number of nitrogens with zero attached hydrogens (tertiary/aromatic N) is 5. The van der Waals surface area contributed by atoms with E-state index >= 15 is 0 Å². The largest absolute Gasteiger partial charge is 0.463 e. The predicted octanol–water partition coefficient (Wildman–Crippen LogP) is 3.89. The molecule has 0 aliphatic carbocycles. The van der Waals surface area contributed by atoms with E-state index in [-0.39, 0.29) is 25.1 Å². The van der Waals surface area contributed by atoms with E-state index in [1.165, 1.54) is 0 Å². The van der Waals surface area contributed by atoms with Gasteiger partial charge in [-0.05, 0) is 18.9 Å². The first-order valence-electron chi connectivity index (χ1n) is 10.2. The lowest BCUT2D eigenvalue weighted by atomic mass is 10.1. The SMILES string of the molecule is CCc1cc2c(N3CCn4cc(C(F)(F)F)nc4C3)nc(OCC(CC)CO)nc2s1. The van der Waals surface area contributed by atoms with Crippen LogP contribution in [0.1, 0.15) is 36.7 Å². The molecule has 1 N–H and O–H groups in total. The van der Waals surface area contributed by atoms with Crippen LogP contribution < -0.4 is 9.64 Å². The molecule has 0 bridgehead atoms. The van der Waals surface area contributed by atoms with Crippen molar-refractivity contribution in [3.63, 3.8) is 0 Å². The number of fused-ring (bicyclic) bond motifs is 2. The molecule has 0 spiro atoms. The average molecular weight is 456 g/mol. The van der Waals surface area contributed by atoms with Crippen molar-refractivity contribution in [3.05, 3.63) is 28.7 Å². The summed E-state index contributed by atoms with van der Waals surface area (Å²) in [6.45, 7) is 5.43. The fourth-order valence-corrected chi connectivity index (χ4v) is 4.43. The van der Waals surface area contributed by atoms with Crippen LogP contribution in [0.2, 0.25) is 0 Å². The molecule has 168 valence electrons. The summed E-state index contributed by atoms with van der Waals surface area (Å²) in [6, 6.07) is 2.24. The quantitative estimate of drug-likeness (QED) is 0.583. The van der Waals surface area contributed by atoms with Gasteiger partial charge in [0, 0.05) is 36.7 Å². The summed E-state index contributed by atoms with van der Waals surface area (Å²) in [6.07, 6.45) is -1.79. The lowest BCUT2D eigenvalue weighted by Gasteiger charge is -2.29. The van der Waals surface area contributed by atoms with Gasteiger partial charge in [0.1, 0.15) is 16.5 Å². The Kier molecular flexibility index (Phi) is 6.07. The summed E-state index contributed by atoms with van der Waals surface area (Å²) in [4.78, 5) is 16.8. The van der Waals surface area contributed by atoms with Crippen molar-refractivity contribution >= 4 is 27.4 Å². The third kappa shape index (κ3) is 4.47. The molecule has 0 fully saturated rings. The lowest BCUT2D eigenvalue weighted by molar-refractivity contribution is -0.141. The number of imidazole rings is 1. The third-order valence-electron chi connectivity index (χ3n) is 5.43. The second kappa shape index (κ2) is 8.62. The standard InChI is InChI=1S/C20H24F3N5O2S/c1-3-12(10-29)11-30-19-25-17(14-7-13(4-2)31-18(14)26-19)28-6-5-27-8-15(20(21,22)23)24-16(27)9-28/h7-8,12,29H,3-6,9-11H2,1-2H3. The van der Waals surface area contributed by atoms with Crippen LogP contribution in [0.3, 0.4) is 0 Å². The summed E-state index contributed by atoms with van der Waals surface area (Å²) in [5.74, 6) is 0.974. The summed E-state index contributed by atoms with van der Waals surface area (Å²) in [5.41, 5.74) is -0.875. The van der Waals surface area contributed by atoms with E-state index in [9.17, 15) is 18.3 Å². The highest BCUT2D eigenvalue weighted by atomic mass is 32.1. The number of aromatic nitrogens is 4. The van der Waals surface area contributed by atoms with E-state index in [2.05, 4.69) is 21.9 Å². The van der Waals surface area contributed by atoms with Crippen molar-refractivity contribution < 1.29 is 23.0 Å². The second-order valence-corrected chi connectivity index (χ2v) is 8.65. The maximum Gasteiger partial charge on any atom is 0.434 e. The first-order chi connectivity index (χ1) is 14.8. The number of ether oxygens (including phenoxy) is 1. The van der Waals surface area contributed by atoms with Gasteiger partial charge in [-0.25, -0.2) is 4.98 Å². The van der Waals surface area contributed by atoms with Gasteiger partial charge in [0.2, 0.25) is 0 Å². The van der Waals surface area contributed by atoms with Crippen LogP contribution in [0.4, 0.5) is 19.0 Å². The van der Waals surface area contributed by atoms with Gasteiger partial charge in [0.25, 0.3) is 0 Å². The maximum atomic E-state index is 13.1. The van der Waals surface area contributed by atoms with Crippen molar-refractivity contribution in [2.24, 2.45) is 5.92 Å². The number of halogens is 3. The minimum Gasteiger partial charge on any atom is -0.463 e. The number of thiophene rings is 1. The molecule has 0 saturated carbocycles. The fraction of sp³-hybridized carbons (Fsp3) is 0.550. The molecule has 7 nitrogen and oxygen atoms in total. The summed E-state index contributed by atoms with van der Waals surface area (Å²) >= 11 is 1.55. The Morgan fingerprint density at radius 1 is 1.23 bits per heavy atom. The third-order valence-corrected chi connectivity index (χ3v) is 6.60. The predicted molar refractivity (Wildman–Crippen MR) is 111 cm³/mol. The molecule has 31 heavy (non-hydrogen) atoms. The zero-order valence-electron chi connectivity index (χ0n) is 17.3. The van der Waals surface area contributed by atoms with Crippen LogP contribution in [0.5, 0.6) is 6.01 Å². The Balaban J connectivity index is 1.67. The number of anilines is 1. The van der Waals surface area contributed by atoms with Crippen molar-refractivity contribution in [2.75, 3.05) is 24.7 Å². The Bertz CT molecular complexity index is 1060. The zero-order chi connectivity index (χ0) is 22.2. The number of aliphatic hydroxyl groups is 1. The Morgan fingerprint density at radius 3 is 2.71 bits per heavy atom. The molecular weight excluding hydrogens is 431 g/mol. The molecule has 0 aromatic carbocycles. The number of rotatable bonds is 7. The molecule has 1 unspecified atom stereocenters. The van der Waals surface area contributed by atoms with Gasteiger partial charge >= 0.3 is 12.2 Å². The highest BCUT2D eigenvalue weighted by molar-refractivity contribution is 7.18. The number of aliphatic hydroxyl groups excluding tert-OH is 1. The first-order valence-corrected chi connectivity index (χ1v) is 11.1. The van der Waals surface area contributed by atoms with Gasteiger partial charge in [-0.3, -0.25) is 0 Å². The number of aryl methyl sites for hydroxylation is 1. The van der Waals surface area contributed by atoms with Crippen LogP contribution in [-0.4, -0.2) is 44.4 Å². The summed E-state index contributed by atoms with van der Waals surface area (Å²) in [7, 11) is 0. The molecule has 1 atom stereocenters. The molecule has 0 amide bonds. The van der Waals surface area contributed by atoms with Gasteiger partial charge in [-0.2, -0.15) is 23.1 Å². The van der Waals surface area contributed by atoms with Gasteiger partial charge in [0.15, 0.2) is 5.69 Å². The van der Waals surface area contributed by atoms with Gasteiger partial charge in [-0.15, -0.1) is 11.3 Å². The molecule has 1 aliphatic rings. The van der Waals surface area contributed by atoms with E-state index in [1.54, 1.807) is 15.9 Å². The molecule has 4 rings (SSSR count). The molecule has 3 aromatic rings. The zero-order valence-corrected chi connectivity index (χ0v) is 18.1. The van der Waals surface area contributed by atoms with Gasteiger partial charge < -0.3 is 19.3 Å². The van der Waals surface area contributed by atoms with Crippen molar-refractivity contribution in [1.82, 2.24) is 19.5 Å². The second-order valence-electron chi connectivity index (χ2n) is 7.54. The Labute approximate surface area is 181 Å². The van der Waals surface area contributed by atoms with Crippen molar-refractivity contribution in [1.29, 1.82) is 0 Å². The monoisotopic (exact) mass is 455 g/mol. The summed E-state index contributed by atoms with van der Waals surface area (Å²) in [5, 5.41) is 10.3. The minimum atomic E-state index is -4.47. The topological polar surface area (TPSA) is 76.3 Å². The molecule has 1 aliphatic heterocycles. The molecule has 4 heterocycles. The molecular formula is C20H24F3N5O2S. The van der Waals surface area contributed by atoms with Crippen molar-refractivity contribution in [3.8, 4) is 6.01 Å². The number of alkyl halides is 3. The minimum absolute atomic E-state index is 0.0134. The van der Waals surface area contributed by atoms with E-state index in [1.807, 2.05) is 17.9 Å². The summed E-state index contributed by atoms with van der Waals surface area (Å²) < 4.78 is 46.5.